The van der Waals surface area contributed by atoms with Crippen molar-refractivity contribution in [1.29, 1.82) is 0 Å². The van der Waals surface area contributed by atoms with Gasteiger partial charge in [0.2, 0.25) is 11.8 Å². The van der Waals surface area contributed by atoms with Gasteiger partial charge >= 0.3 is 12.2 Å². The Balaban J connectivity index is 1.20. The number of H-pyrrole nitrogens is 2. The van der Waals surface area contributed by atoms with Gasteiger partial charge in [-0.25, -0.2) is 19.6 Å². The third kappa shape index (κ3) is 9.89. The molecule has 4 aromatic rings. The van der Waals surface area contributed by atoms with E-state index in [0.29, 0.717) is 18.2 Å². The molecule has 15 nitrogen and oxygen atoms in total. The first-order chi connectivity index (χ1) is 26.4. The van der Waals surface area contributed by atoms with Gasteiger partial charge in [-0.1, -0.05) is 63.8 Å². The number of likely N-dealkylation sites (tertiary alicyclic amines) is 1. The second-order valence-corrected chi connectivity index (χ2v) is 14.0. The monoisotopic (exact) mass is 751 g/mol. The molecule has 2 aromatic carbocycles. The third-order valence-corrected chi connectivity index (χ3v) is 9.47. The lowest BCUT2D eigenvalue weighted by Gasteiger charge is -2.30. The molecule has 1 fully saturated rings. The van der Waals surface area contributed by atoms with Crippen LogP contribution in [0.1, 0.15) is 75.4 Å². The largest absolute Gasteiger partial charge is 0.453 e. The van der Waals surface area contributed by atoms with Crippen LogP contribution in [0.3, 0.4) is 0 Å². The van der Waals surface area contributed by atoms with E-state index in [2.05, 4.69) is 52.5 Å². The number of alkyl carbamates (subject to hydrolysis) is 2. The molecule has 0 saturated carbocycles. The summed E-state index contributed by atoms with van der Waals surface area (Å²) in [4.78, 5) is 67.6. The van der Waals surface area contributed by atoms with E-state index in [0.717, 1.165) is 46.5 Å². The van der Waals surface area contributed by atoms with Gasteiger partial charge in [0.05, 0.1) is 50.1 Å². The van der Waals surface area contributed by atoms with Gasteiger partial charge in [0.15, 0.2) is 0 Å². The van der Waals surface area contributed by atoms with Crippen molar-refractivity contribution in [1.82, 2.24) is 40.8 Å². The van der Waals surface area contributed by atoms with Crippen molar-refractivity contribution in [3.63, 3.8) is 0 Å². The predicted octanol–water partition coefficient (Wildman–Crippen LogP) is 4.41. The Morgan fingerprint density at radius 1 is 0.800 bits per heavy atom. The number of ether oxygens (including phenoxy) is 2. The molecule has 55 heavy (non-hydrogen) atoms. The quantitative estimate of drug-likeness (QED) is 0.113. The zero-order valence-corrected chi connectivity index (χ0v) is 31.9. The number of carbonyl (C=O) groups excluding carboxylic acids is 4. The number of imidazole rings is 2. The van der Waals surface area contributed by atoms with Crippen molar-refractivity contribution in [2.24, 2.45) is 17.6 Å². The van der Waals surface area contributed by atoms with Gasteiger partial charge in [-0.05, 0) is 60.1 Å². The summed E-state index contributed by atoms with van der Waals surface area (Å²) in [6.07, 6.45) is 3.73. The Morgan fingerprint density at radius 2 is 1.33 bits per heavy atom. The molecule has 0 spiro atoms. The highest BCUT2D eigenvalue weighted by molar-refractivity contribution is 5.87. The Hall–Kier alpha value is -6.14. The Kier molecular flexibility index (Phi) is 13.3. The SMILES string of the molecule is COC(=O)N[C@H](C(=O)N[C@@H](CN)c1ncc(-c2ccc(C#Cc3ccc(-c4cnc([C@@H]5CCCN5C(=O)[C@@H](NC(=O)OC)C(C)C)[nH]4)cc3)cc2)[nH]1)C(C)C. The molecule has 290 valence electrons. The molecule has 2 aromatic heterocycles. The van der Waals surface area contributed by atoms with E-state index in [1.165, 1.54) is 14.2 Å². The molecule has 1 saturated heterocycles. The van der Waals surface area contributed by atoms with Crippen molar-refractivity contribution in [3.05, 3.63) is 83.7 Å². The summed E-state index contributed by atoms with van der Waals surface area (Å²) in [5.74, 6) is 6.78. The number of benzene rings is 2. The zero-order chi connectivity index (χ0) is 39.6. The van der Waals surface area contributed by atoms with Gasteiger partial charge in [0, 0.05) is 24.2 Å². The average Bonchev–Trinajstić information content (AvgIpc) is 3.99. The summed E-state index contributed by atoms with van der Waals surface area (Å²) in [7, 11) is 2.52. The highest BCUT2D eigenvalue weighted by atomic mass is 16.5. The van der Waals surface area contributed by atoms with E-state index in [1.54, 1.807) is 17.3 Å². The molecule has 1 aliphatic rings. The first-order valence-electron chi connectivity index (χ1n) is 18.2. The van der Waals surface area contributed by atoms with Crippen LogP contribution in [0.5, 0.6) is 0 Å². The number of carbonyl (C=O) groups is 4. The summed E-state index contributed by atoms with van der Waals surface area (Å²) >= 11 is 0. The fourth-order valence-corrected chi connectivity index (χ4v) is 6.34. The van der Waals surface area contributed by atoms with Crippen LogP contribution in [0.2, 0.25) is 0 Å². The zero-order valence-electron chi connectivity index (χ0n) is 31.9. The molecule has 4 amide bonds. The fraction of sp³-hybridized carbons (Fsp3) is 0.400. The fourth-order valence-electron chi connectivity index (χ4n) is 6.34. The maximum atomic E-state index is 13.5. The molecule has 0 unspecified atom stereocenters. The molecule has 0 radical (unpaired) electrons. The van der Waals surface area contributed by atoms with E-state index in [4.69, 9.17) is 10.5 Å². The van der Waals surface area contributed by atoms with E-state index in [-0.39, 0.29) is 30.3 Å². The lowest BCUT2D eigenvalue weighted by atomic mass is 10.0. The first kappa shape index (κ1) is 40.1. The minimum Gasteiger partial charge on any atom is -0.453 e. The van der Waals surface area contributed by atoms with Crippen LogP contribution in [-0.4, -0.2) is 88.2 Å². The van der Waals surface area contributed by atoms with E-state index in [9.17, 15) is 19.2 Å². The number of rotatable bonds is 12. The number of hydrogen-bond acceptors (Lipinski definition) is 9. The number of nitrogens with zero attached hydrogens (tertiary/aromatic N) is 3. The van der Waals surface area contributed by atoms with Crippen molar-refractivity contribution < 1.29 is 28.7 Å². The minimum absolute atomic E-state index is 0.0966. The highest BCUT2D eigenvalue weighted by Gasteiger charge is 2.37. The van der Waals surface area contributed by atoms with Crippen LogP contribution in [0.15, 0.2) is 60.9 Å². The summed E-state index contributed by atoms with van der Waals surface area (Å²) < 4.78 is 9.39. The topological polar surface area (TPSA) is 209 Å². The second kappa shape index (κ2) is 18.3. The van der Waals surface area contributed by atoms with Crippen molar-refractivity contribution >= 4 is 24.0 Å². The Bertz CT molecular complexity index is 2010. The predicted molar refractivity (Wildman–Crippen MR) is 206 cm³/mol. The van der Waals surface area contributed by atoms with E-state index in [1.807, 2.05) is 76.2 Å². The number of nitrogens with two attached hydrogens (primary N) is 1. The summed E-state index contributed by atoms with van der Waals surface area (Å²) in [6.45, 7) is 8.10. The van der Waals surface area contributed by atoms with Gasteiger partial charge in [-0.3, -0.25) is 9.59 Å². The maximum Gasteiger partial charge on any atom is 0.407 e. The van der Waals surface area contributed by atoms with Gasteiger partial charge < -0.3 is 46.0 Å². The molecule has 15 heteroatoms. The molecule has 7 N–H and O–H groups in total. The van der Waals surface area contributed by atoms with Crippen LogP contribution in [0.4, 0.5) is 9.59 Å². The molecule has 1 aliphatic heterocycles. The number of amides is 4. The molecule has 5 rings (SSSR count). The van der Waals surface area contributed by atoms with Gasteiger partial charge in [-0.15, -0.1) is 0 Å². The lowest BCUT2D eigenvalue weighted by molar-refractivity contribution is -0.135. The number of aromatic amines is 2. The molecule has 4 atom stereocenters. The average molecular weight is 752 g/mol. The van der Waals surface area contributed by atoms with Crippen LogP contribution in [0, 0.1) is 23.7 Å². The van der Waals surface area contributed by atoms with Gasteiger partial charge in [-0.2, -0.15) is 0 Å². The van der Waals surface area contributed by atoms with Gasteiger partial charge in [0.25, 0.3) is 0 Å². The molecule has 0 aliphatic carbocycles. The summed E-state index contributed by atoms with van der Waals surface area (Å²) in [5, 5.41) is 8.10. The summed E-state index contributed by atoms with van der Waals surface area (Å²) in [5.41, 5.74) is 11.0. The minimum atomic E-state index is -0.802. The third-order valence-electron chi connectivity index (χ3n) is 9.47. The van der Waals surface area contributed by atoms with Crippen molar-refractivity contribution in [3.8, 4) is 34.4 Å². The van der Waals surface area contributed by atoms with Crippen molar-refractivity contribution in [2.75, 3.05) is 27.3 Å². The van der Waals surface area contributed by atoms with Gasteiger partial charge in [0.1, 0.15) is 23.7 Å². The highest BCUT2D eigenvalue weighted by Crippen LogP contribution is 2.33. The number of hydrogen-bond donors (Lipinski definition) is 6. The van der Waals surface area contributed by atoms with Crippen molar-refractivity contribution in [2.45, 2.75) is 64.7 Å². The molecule has 3 heterocycles. The standard InChI is InChI=1S/C40H49N9O6/c1-23(2)33(47-39(52)54-5)37(50)46-29(20-41)35-42-21-30(44-35)27-15-11-25(12-16-27)9-10-26-13-17-28(18-14-26)31-22-43-36(45-31)32-8-7-19-49(32)38(51)34(24(3)4)48-40(53)55-6/h11-18,21-24,29,32-34H,7-8,19-20,41H2,1-6H3,(H,42,44)(H,43,45)(H,46,50)(H,47,52)(H,48,53)/t29-,32-,33-,34-/m0/s1. The number of nitrogens with one attached hydrogen (secondary N) is 5. The van der Waals surface area contributed by atoms with E-state index >= 15 is 0 Å². The lowest BCUT2D eigenvalue weighted by Crippen LogP contribution is -2.51. The molecular formula is C40H49N9O6. The first-order valence-corrected chi connectivity index (χ1v) is 18.2. The maximum absolute atomic E-state index is 13.5. The van der Waals surface area contributed by atoms with Crippen LogP contribution in [-0.2, 0) is 19.1 Å². The van der Waals surface area contributed by atoms with E-state index < -0.39 is 36.2 Å². The Labute approximate surface area is 320 Å². The summed E-state index contributed by atoms with van der Waals surface area (Å²) in [6, 6.07) is 13.2. The number of aromatic nitrogens is 4. The van der Waals surface area contributed by atoms with Crippen LogP contribution < -0.4 is 21.7 Å². The molecule has 0 bridgehead atoms. The normalized spacial score (nSPS) is 15.4. The Morgan fingerprint density at radius 3 is 1.85 bits per heavy atom. The molecular weight excluding hydrogens is 702 g/mol. The smallest absolute Gasteiger partial charge is 0.407 e. The number of methoxy groups -OCH3 is 2. The van der Waals surface area contributed by atoms with Crippen LogP contribution >= 0.6 is 0 Å². The second-order valence-electron chi connectivity index (χ2n) is 14.0. The van der Waals surface area contributed by atoms with Crippen LogP contribution in [0.25, 0.3) is 22.5 Å².